The lowest BCUT2D eigenvalue weighted by molar-refractivity contribution is 0.284. The smallest absolute Gasteiger partial charge is 0.161 e. The summed E-state index contributed by atoms with van der Waals surface area (Å²) >= 11 is 4.97. The third-order valence-electron chi connectivity index (χ3n) is 2.92. The largest absolute Gasteiger partial charge is 0.493 e. The summed E-state index contributed by atoms with van der Waals surface area (Å²) in [5.41, 5.74) is 8.61. The molecule has 0 radical (unpaired) electrons. The van der Waals surface area contributed by atoms with Crippen molar-refractivity contribution in [1.82, 2.24) is 0 Å². The van der Waals surface area contributed by atoms with Crippen LogP contribution in [0.25, 0.3) is 0 Å². The predicted octanol–water partition coefficient (Wildman–Crippen LogP) is 3.22. The summed E-state index contributed by atoms with van der Waals surface area (Å²) in [6, 6.07) is 13.6. The third-order valence-corrected chi connectivity index (χ3v) is 3.16. The zero-order valence-corrected chi connectivity index (χ0v) is 12.4. The molecule has 3 nitrogen and oxygen atoms in total. The van der Waals surface area contributed by atoms with Crippen LogP contribution < -0.4 is 15.2 Å². The molecule has 0 aliphatic heterocycles. The molecule has 0 heterocycles. The molecule has 0 aliphatic rings. The van der Waals surface area contributed by atoms with Crippen LogP contribution in [0.1, 0.15) is 16.7 Å². The molecule has 0 unspecified atom stereocenters. The first kappa shape index (κ1) is 14.3. The lowest BCUT2D eigenvalue weighted by atomic mass is 10.1. The van der Waals surface area contributed by atoms with Crippen molar-refractivity contribution in [3.05, 3.63) is 59.2 Å². The average Bonchev–Trinajstić information content (AvgIpc) is 2.46. The van der Waals surface area contributed by atoms with E-state index in [1.807, 2.05) is 49.4 Å². The van der Waals surface area contributed by atoms with Gasteiger partial charge in [-0.2, -0.15) is 0 Å². The summed E-state index contributed by atoms with van der Waals surface area (Å²) in [6.07, 6.45) is 0. The van der Waals surface area contributed by atoms with E-state index >= 15 is 0 Å². The Balaban J connectivity index is 2.12. The highest BCUT2D eigenvalue weighted by molar-refractivity contribution is 7.80. The van der Waals surface area contributed by atoms with Crippen molar-refractivity contribution in [1.29, 1.82) is 0 Å². The molecular formula is C16H17NO2S. The topological polar surface area (TPSA) is 44.5 Å². The normalized spacial score (nSPS) is 10.1. The lowest BCUT2D eigenvalue weighted by Crippen LogP contribution is -2.09. The Labute approximate surface area is 124 Å². The van der Waals surface area contributed by atoms with Crippen molar-refractivity contribution in [2.75, 3.05) is 7.11 Å². The van der Waals surface area contributed by atoms with Crippen molar-refractivity contribution in [2.24, 2.45) is 5.73 Å². The van der Waals surface area contributed by atoms with E-state index in [-0.39, 0.29) is 0 Å². The van der Waals surface area contributed by atoms with Crippen LogP contribution in [-0.2, 0) is 6.61 Å². The van der Waals surface area contributed by atoms with Crippen LogP contribution >= 0.6 is 12.2 Å². The van der Waals surface area contributed by atoms with Crippen molar-refractivity contribution >= 4 is 17.2 Å². The molecule has 20 heavy (non-hydrogen) atoms. The number of thiocarbonyl (C=S) groups is 1. The molecule has 0 saturated carbocycles. The first-order chi connectivity index (χ1) is 9.60. The van der Waals surface area contributed by atoms with Gasteiger partial charge in [0.05, 0.1) is 7.11 Å². The monoisotopic (exact) mass is 287 g/mol. The van der Waals surface area contributed by atoms with Crippen LogP contribution in [-0.4, -0.2) is 12.1 Å². The second-order valence-corrected chi connectivity index (χ2v) is 4.95. The number of nitrogens with two attached hydrogens (primary N) is 1. The minimum absolute atomic E-state index is 0.389. The molecule has 2 aromatic carbocycles. The van der Waals surface area contributed by atoms with Gasteiger partial charge in [0.25, 0.3) is 0 Å². The van der Waals surface area contributed by atoms with E-state index in [9.17, 15) is 0 Å². The van der Waals surface area contributed by atoms with E-state index in [0.717, 1.165) is 28.2 Å². The summed E-state index contributed by atoms with van der Waals surface area (Å²) in [4.78, 5) is 0.389. The standard InChI is InChI=1S/C16H17NO2S/c1-11-6-7-14(15(8-11)18-2)19-10-12-4-3-5-13(9-12)16(17)20/h3-9H,10H2,1-2H3,(H2,17,20). The molecule has 4 heteroatoms. The van der Waals surface area contributed by atoms with Crippen LogP contribution in [0.15, 0.2) is 42.5 Å². The summed E-state index contributed by atoms with van der Waals surface area (Å²) in [5.74, 6) is 1.45. The van der Waals surface area contributed by atoms with Crippen LogP contribution in [0.4, 0.5) is 0 Å². The number of ether oxygens (including phenoxy) is 2. The molecule has 0 amide bonds. The van der Waals surface area contributed by atoms with Gasteiger partial charge in [0.2, 0.25) is 0 Å². The Bertz CT molecular complexity index is 626. The van der Waals surface area contributed by atoms with Crippen molar-refractivity contribution in [3.8, 4) is 11.5 Å². The molecule has 2 rings (SSSR count). The number of rotatable bonds is 5. The number of hydrogen-bond acceptors (Lipinski definition) is 3. The van der Waals surface area contributed by atoms with Gasteiger partial charge in [-0.05, 0) is 36.2 Å². The van der Waals surface area contributed by atoms with Crippen LogP contribution in [0, 0.1) is 6.92 Å². The summed E-state index contributed by atoms with van der Waals surface area (Å²) in [5, 5.41) is 0. The fourth-order valence-corrected chi connectivity index (χ4v) is 2.00. The fraction of sp³-hybridized carbons (Fsp3) is 0.188. The molecular weight excluding hydrogens is 270 g/mol. The minimum atomic E-state index is 0.389. The van der Waals surface area contributed by atoms with E-state index in [1.165, 1.54) is 0 Å². The van der Waals surface area contributed by atoms with Gasteiger partial charge in [0.1, 0.15) is 11.6 Å². The highest BCUT2D eigenvalue weighted by Crippen LogP contribution is 2.28. The number of benzene rings is 2. The molecule has 0 saturated heterocycles. The zero-order valence-electron chi connectivity index (χ0n) is 11.6. The van der Waals surface area contributed by atoms with Gasteiger partial charge in [-0.25, -0.2) is 0 Å². The van der Waals surface area contributed by atoms with Gasteiger partial charge in [0, 0.05) is 5.56 Å². The molecule has 0 fully saturated rings. The van der Waals surface area contributed by atoms with Crippen molar-refractivity contribution in [2.45, 2.75) is 13.5 Å². The zero-order chi connectivity index (χ0) is 14.5. The summed E-state index contributed by atoms with van der Waals surface area (Å²) < 4.78 is 11.1. The Morgan fingerprint density at radius 1 is 1.15 bits per heavy atom. The van der Waals surface area contributed by atoms with E-state index in [2.05, 4.69) is 0 Å². The average molecular weight is 287 g/mol. The minimum Gasteiger partial charge on any atom is -0.493 e. The second kappa shape index (κ2) is 6.39. The lowest BCUT2D eigenvalue weighted by Gasteiger charge is -2.11. The first-order valence-electron chi connectivity index (χ1n) is 6.26. The molecule has 2 N–H and O–H groups in total. The van der Waals surface area contributed by atoms with Crippen molar-refractivity contribution < 1.29 is 9.47 Å². The summed E-state index contributed by atoms with van der Waals surface area (Å²) in [6.45, 7) is 2.45. The molecule has 0 spiro atoms. The number of methoxy groups -OCH3 is 1. The second-order valence-electron chi connectivity index (χ2n) is 4.51. The van der Waals surface area contributed by atoms with E-state index in [0.29, 0.717) is 11.6 Å². The third kappa shape index (κ3) is 3.48. The van der Waals surface area contributed by atoms with Gasteiger partial charge in [-0.15, -0.1) is 0 Å². The maximum absolute atomic E-state index is 5.79. The molecule has 0 atom stereocenters. The van der Waals surface area contributed by atoms with E-state index < -0.39 is 0 Å². The van der Waals surface area contributed by atoms with Gasteiger partial charge in [0.15, 0.2) is 11.5 Å². The van der Waals surface area contributed by atoms with Gasteiger partial charge in [-0.3, -0.25) is 0 Å². The van der Waals surface area contributed by atoms with Gasteiger partial charge in [-0.1, -0.05) is 36.5 Å². The van der Waals surface area contributed by atoms with Crippen LogP contribution in [0.2, 0.25) is 0 Å². The Morgan fingerprint density at radius 2 is 1.95 bits per heavy atom. The van der Waals surface area contributed by atoms with Crippen molar-refractivity contribution in [3.63, 3.8) is 0 Å². The highest BCUT2D eigenvalue weighted by Gasteiger charge is 2.05. The van der Waals surface area contributed by atoms with Gasteiger partial charge < -0.3 is 15.2 Å². The predicted molar refractivity (Wildman–Crippen MR) is 84.4 cm³/mol. The first-order valence-corrected chi connectivity index (χ1v) is 6.67. The fourth-order valence-electron chi connectivity index (χ4n) is 1.87. The van der Waals surface area contributed by atoms with Crippen LogP contribution in [0.3, 0.4) is 0 Å². The maximum atomic E-state index is 5.79. The van der Waals surface area contributed by atoms with E-state index in [4.69, 9.17) is 27.4 Å². The number of hydrogen-bond donors (Lipinski definition) is 1. The van der Waals surface area contributed by atoms with Crippen LogP contribution in [0.5, 0.6) is 11.5 Å². The molecule has 0 aliphatic carbocycles. The molecule has 0 aromatic heterocycles. The highest BCUT2D eigenvalue weighted by atomic mass is 32.1. The Kier molecular flexibility index (Phi) is 4.58. The van der Waals surface area contributed by atoms with Gasteiger partial charge >= 0.3 is 0 Å². The Morgan fingerprint density at radius 3 is 2.65 bits per heavy atom. The quantitative estimate of drug-likeness (QED) is 0.858. The maximum Gasteiger partial charge on any atom is 0.161 e. The molecule has 0 bridgehead atoms. The molecule has 104 valence electrons. The SMILES string of the molecule is COc1cc(C)ccc1OCc1cccc(C(N)=S)c1. The Hall–Kier alpha value is -2.07. The number of aryl methyl sites for hydroxylation is 1. The van der Waals surface area contributed by atoms with E-state index in [1.54, 1.807) is 7.11 Å². The summed E-state index contributed by atoms with van der Waals surface area (Å²) in [7, 11) is 1.63. The molecule has 2 aromatic rings.